The van der Waals surface area contributed by atoms with Crippen molar-refractivity contribution in [1.29, 1.82) is 0 Å². The Balaban J connectivity index is 1.54. The maximum atomic E-state index is 16.0. The Morgan fingerprint density at radius 1 is 0.667 bits per heavy atom. The van der Waals surface area contributed by atoms with Gasteiger partial charge in [-0.3, -0.25) is 0 Å². The number of rotatable bonds is 7. The third-order valence-corrected chi connectivity index (χ3v) is 13.7. The van der Waals surface area contributed by atoms with Crippen LogP contribution in [0.4, 0.5) is 26.3 Å². The lowest BCUT2D eigenvalue weighted by atomic mass is 9.93. The predicted octanol–water partition coefficient (Wildman–Crippen LogP) is 12.2. The van der Waals surface area contributed by atoms with E-state index in [0.717, 1.165) is 14.6 Å². The largest absolute Gasteiger partial charge is 0.380 e. The minimum atomic E-state index is -5.62. The Morgan fingerprint density at radius 2 is 1.26 bits per heavy atom. The van der Waals surface area contributed by atoms with E-state index in [9.17, 15) is 0 Å². The van der Waals surface area contributed by atoms with Crippen LogP contribution in [0, 0.1) is 0 Å². The van der Waals surface area contributed by atoms with Gasteiger partial charge in [-0.25, -0.2) is 0 Å². The van der Waals surface area contributed by atoms with Gasteiger partial charge in [0.2, 0.25) is 0 Å². The van der Waals surface area contributed by atoms with Crippen molar-refractivity contribution in [2.24, 2.45) is 0 Å². The molecule has 0 spiro atoms. The molecule has 0 radical (unpaired) electrons. The first-order valence-electron chi connectivity index (χ1n) is 12.7. The van der Waals surface area contributed by atoms with Crippen LogP contribution in [0.5, 0.6) is 0 Å². The van der Waals surface area contributed by atoms with Crippen molar-refractivity contribution in [3.63, 3.8) is 0 Å². The topological polar surface area (TPSA) is 0 Å². The zero-order valence-electron chi connectivity index (χ0n) is 21.3. The van der Waals surface area contributed by atoms with Crippen LogP contribution in [0.25, 0.3) is 35.6 Å². The SMILES string of the molecule is FC1(F)C(c2cc(-c3cccs3)sc2Cc2cccs2)=C(c2cc(-c3cccs3)sc2C2=CCCS2)C(F)(F)C1(F)F. The van der Waals surface area contributed by atoms with E-state index in [1.54, 1.807) is 30.3 Å². The van der Waals surface area contributed by atoms with Gasteiger partial charge in [-0.05, 0) is 58.5 Å². The van der Waals surface area contributed by atoms with Gasteiger partial charge in [-0.1, -0.05) is 24.3 Å². The fourth-order valence-electron chi connectivity index (χ4n) is 5.19. The lowest BCUT2D eigenvalue weighted by Gasteiger charge is -2.26. The molecule has 6 heterocycles. The molecule has 0 atom stereocenters. The van der Waals surface area contributed by atoms with E-state index in [4.69, 9.17) is 0 Å². The fraction of sp³-hybridized carbons (Fsp3) is 0.200. The van der Waals surface area contributed by atoms with Gasteiger partial charge in [0.25, 0.3) is 0 Å². The van der Waals surface area contributed by atoms with Crippen LogP contribution in [-0.2, 0) is 6.42 Å². The summed E-state index contributed by atoms with van der Waals surface area (Å²) < 4.78 is 94.8. The predicted molar refractivity (Wildman–Crippen MR) is 169 cm³/mol. The van der Waals surface area contributed by atoms with Gasteiger partial charge in [0.15, 0.2) is 0 Å². The summed E-state index contributed by atoms with van der Waals surface area (Å²) in [6.07, 6.45) is 2.72. The van der Waals surface area contributed by atoms with Crippen LogP contribution in [-0.4, -0.2) is 23.5 Å². The van der Waals surface area contributed by atoms with E-state index < -0.39 is 28.9 Å². The van der Waals surface area contributed by atoms with E-state index >= 15 is 26.3 Å². The molecule has 216 valence electrons. The first kappa shape index (κ1) is 28.7. The van der Waals surface area contributed by atoms with Gasteiger partial charge in [0, 0.05) is 67.9 Å². The highest BCUT2D eigenvalue weighted by molar-refractivity contribution is 8.08. The molecule has 1 aliphatic heterocycles. The summed E-state index contributed by atoms with van der Waals surface area (Å²) in [4.78, 5) is 4.82. The van der Waals surface area contributed by atoms with E-state index in [1.807, 2.05) is 28.3 Å². The molecular weight excluding hydrogens is 667 g/mol. The monoisotopic (exact) mass is 684 g/mol. The first-order valence-corrected chi connectivity index (χ1v) is 17.9. The van der Waals surface area contributed by atoms with Crippen molar-refractivity contribution < 1.29 is 26.3 Å². The molecule has 0 N–H and O–H groups in total. The Morgan fingerprint density at radius 3 is 1.83 bits per heavy atom. The molecule has 5 aromatic rings. The molecular formula is C30H18F6S6. The number of allylic oxidation sites excluding steroid dienone is 3. The molecule has 0 unspecified atom stereocenters. The third-order valence-electron chi connectivity index (χ3n) is 7.12. The highest BCUT2D eigenvalue weighted by Gasteiger charge is 2.80. The number of thiophene rings is 5. The molecule has 2 aliphatic rings. The Kier molecular flexibility index (Phi) is 7.18. The second-order valence-electron chi connectivity index (χ2n) is 9.69. The highest BCUT2D eigenvalue weighted by atomic mass is 32.2. The molecule has 0 amide bonds. The van der Waals surface area contributed by atoms with Gasteiger partial charge < -0.3 is 0 Å². The zero-order chi connectivity index (χ0) is 29.3. The lowest BCUT2D eigenvalue weighted by molar-refractivity contribution is -0.254. The van der Waals surface area contributed by atoms with Crippen LogP contribution in [0.2, 0.25) is 0 Å². The van der Waals surface area contributed by atoms with Crippen LogP contribution in [0.3, 0.4) is 0 Å². The molecule has 7 rings (SSSR count). The number of alkyl halides is 6. The Hall–Kier alpha value is -2.09. The van der Waals surface area contributed by atoms with Crippen molar-refractivity contribution >= 4 is 84.5 Å². The molecule has 5 aromatic heterocycles. The summed E-state index contributed by atoms with van der Waals surface area (Å²) in [6.45, 7) is 0. The Bertz CT molecular complexity index is 1800. The zero-order valence-corrected chi connectivity index (χ0v) is 26.2. The molecule has 12 heteroatoms. The maximum Gasteiger partial charge on any atom is 0.380 e. The van der Waals surface area contributed by atoms with E-state index in [-0.39, 0.29) is 17.5 Å². The van der Waals surface area contributed by atoms with Crippen LogP contribution in [0.15, 0.2) is 70.7 Å². The molecule has 0 fully saturated rings. The third kappa shape index (κ3) is 4.44. The molecule has 0 saturated carbocycles. The number of thioether (sulfide) groups is 1. The smallest absolute Gasteiger partial charge is 0.194 e. The van der Waals surface area contributed by atoms with Crippen molar-refractivity contribution in [3.05, 3.63) is 96.5 Å². The fourth-order valence-corrected chi connectivity index (χ4v) is 11.2. The standard InChI is InChI=1S/C30H18F6S6/c31-28(32)25(17-14-23(19-6-2-10-38-19)41-22(17)13-16-5-1-9-37-16)26(29(33,34)30(28,35)36)18-15-24(20-7-3-11-39-20)42-27(18)21-8-4-12-40-21/h1-3,5-11,14-15H,4,12-13H2. The van der Waals surface area contributed by atoms with Crippen LogP contribution < -0.4 is 0 Å². The van der Waals surface area contributed by atoms with Crippen LogP contribution >= 0.6 is 68.4 Å². The van der Waals surface area contributed by atoms with Gasteiger partial charge in [0.05, 0.1) is 0 Å². The Labute approximate surface area is 261 Å². The minimum Gasteiger partial charge on any atom is -0.194 e. The van der Waals surface area contributed by atoms with Crippen molar-refractivity contribution in [2.75, 3.05) is 5.75 Å². The molecule has 0 nitrogen and oxygen atoms in total. The van der Waals surface area contributed by atoms with Gasteiger partial charge in [-0.2, -0.15) is 26.3 Å². The summed E-state index contributed by atoms with van der Waals surface area (Å²) in [5.41, 5.74) is -3.03. The van der Waals surface area contributed by atoms with Gasteiger partial charge >= 0.3 is 17.8 Å². The second kappa shape index (κ2) is 10.5. The highest BCUT2D eigenvalue weighted by Crippen LogP contribution is 2.67. The number of hydrogen-bond donors (Lipinski definition) is 0. The summed E-state index contributed by atoms with van der Waals surface area (Å²) in [5, 5.41) is 5.47. The van der Waals surface area contributed by atoms with Gasteiger partial charge in [0.1, 0.15) is 0 Å². The van der Waals surface area contributed by atoms with Crippen molar-refractivity contribution in [3.8, 4) is 19.5 Å². The quantitative estimate of drug-likeness (QED) is 0.154. The minimum absolute atomic E-state index is 0.172. The molecule has 1 aliphatic carbocycles. The molecule has 0 aromatic carbocycles. The van der Waals surface area contributed by atoms with Crippen LogP contribution in [0.1, 0.15) is 32.2 Å². The maximum absolute atomic E-state index is 16.0. The molecule has 42 heavy (non-hydrogen) atoms. The number of halogens is 6. The average molecular weight is 685 g/mol. The summed E-state index contributed by atoms with van der Waals surface area (Å²) >= 11 is 7.93. The van der Waals surface area contributed by atoms with Crippen molar-refractivity contribution in [1.82, 2.24) is 0 Å². The lowest BCUT2D eigenvalue weighted by Crippen LogP contribution is -2.48. The summed E-state index contributed by atoms with van der Waals surface area (Å²) in [7, 11) is 0. The first-order chi connectivity index (χ1) is 20.1. The normalized spacial score (nSPS) is 19.1. The summed E-state index contributed by atoms with van der Waals surface area (Å²) in [6, 6.07) is 13.6. The second-order valence-corrected chi connectivity index (χ2v) is 15.9. The van der Waals surface area contributed by atoms with E-state index in [1.165, 1.54) is 80.6 Å². The van der Waals surface area contributed by atoms with E-state index in [2.05, 4.69) is 0 Å². The molecule has 0 saturated heterocycles. The summed E-state index contributed by atoms with van der Waals surface area (Å²) in [5.74, 6) is -15.1. The molecule has 0 bridgehead atoms. The van der Waals surface area contributed by atoms with E-state index in [0.29, 0.717) is 36.6 Å². The van der Waals surface area contributed by atoms with Gasteiger partial charge in [-0.15, -0.1) is 68.4 Å². The average Bonchev–Trinajstić information content (AvgIpc) is 3.78. The van der Waals surface area contributed by atoms with Crippen molar-refractivity contribution in [2.45, 2.75) is 30.6 Å². The number of hydrogen-bond acceptors (Lipinski definition) is 6.